The van der Waals surface area contributed by atoms with Gasteiger partial charge in [0.05, 0.1) is 5.92 Å². The molecule has 0 radical (unpaired) electrons. The van der Waals surface area contributed by atoms with Crippen LogP contribution in [-0.4, -0.2) is 28.0 Å². The highest BCUT2D eigenvalue weighted by molar-refractivity contribution is 7.13. The topological polar surface area (TPSA) is 91.3 Å². The zero-order valence-electron chi connectivity index (χ0n) is 15.4. The molecule has 2 unspecified atom stereocenters. The Morgan fingerprint density at radius 3 is 2.21 bits per heavy atom. The average molecular weight is 415 g/mol. The first-order valence-corrected chi connectivity index (χ1v) is 9.30. The maximum atomic E-state index is 12.6. The van der Waals surface area contributed by atoms with Gasteiger partial charge in [-0.3, -0.25) is 4.79 Å². The first-order valence-electron chi connectivity index (χ1n) is 8.42. The maximum Gasteiger partial charge on any atom is 0.434 e. The summed E-state index contributed by atoms with van der Waals surface area (Å²) in [5.74, 6) is -2.38. The predicted molar refractivity (Wildman–Crippen MR) is 99.7 cm³/mol. The van der Waals surface area contributed by atoms with Crippen molar-refractivity contribution in [3.8, 4) is 0 Å². The van der Waals surface area contributed by atoms with Gasteiger partial charge in [-0.05, 0) is 30.5 Å². The summed E-state index contributed by atoms with van der Waals surface area (Å²) >= 11 is 0.837. The Balaban J connectivity index is 2.04. The third-order valence-electron chi connectivity index (χ3n) is 4.08. The van der Waals surface area contributed by atoms with Crippen LogP contribution in [0.25, 0.3) is 0 Å². The van der Waals surface area contributed by atoms with Crippen molar-refractivity contribution in [2.24, 2.45) is 5.92 Å². The molecular formula is C18H20F3N3O3S. The summed E-state index contributed by atoms with van der Waals surface area (Å²) < 4.78 is 37.8. The Labute approximate surface area is 163 Å². The minimum atomic E-state index is -4.49. The van der Waals surface area contributed by atoms with Gasteiger partial charge in [0, 0.05) is 11.1 Å². The lowest BCUT2D eigenvalue weighted by Crippen LogP contribution is -2.45. The minimum absolute atomic E-state index is 0.104. The monoisotopic (exact) mass is 415 g/mol. The Hall–Kier alpha value is -2.62. The lowest BCUT2D eigenvalue weighted by molar-refractivity contribution is -0.143. The minimum Gasteiger partial charge on any atom is -0.480 e. The summed E-state index contributed by atoms with van der Waals surface area (Å²) in [6.45, 7) is 5.05. The van der Waals surface area contributed by atoms with Gasteiger partial charge in [-0.1, -0.05) is 26.0 Å². The van der Waals surface area contributed by atoms with Crippen molar-refractivity contribution in [2.45, 2.75) is 38.9 Å². The van der Waals surface area contributed by atoms with E-state index in [1.54, 1.807) is 45.0 Å². The molecule has 0 bridgehead atoms. The standard InChI is InChI=1S/C18H20F3N3O3S/c1-9(2)14(16(26)27)24-15(25)10(3)11-4-6-12(7-5-11)22-17-23-13(8-28-17)18(19,20)21/h4-10,14H,1-3H3,(H,22,23)(H,24,25)(H,26,27). The molecule has 1 amide bonds. The Morgan fingerprint density at radius 2 is 1.75 bits per heavy atom. The molecule has 0 aliphatic rings. The van der Waals surface area contributed by atoms with Crippen LogP contribution in [0.5, 0.6) is 0 Å². The fourth-order valence-corrected chi connectivity index (χ4v) is 3.12. The third kappa shape index (κ3) is 5.44. The van der Waals surface area contributed by atoms with Crippen LogP contribution in [-0.2, 0) is 15.8 Å². The largest absolute Gasteiger partial charge is 0.480 e. The van der Waals surface area contributed by atoms with E-state index >= 15 is 0 Å². The molecule has 0 saturated heterocycles. The molecular weight excluding hydrogens is 395 g/mol. The normalized spacial score (nSPS) is 13.8. The van der Waals surface area contributed by atoms with E-state index in [4.69, 9.17) is 0 Å². The van der Waals surface area contributed by atoms with E-state index in [1.807, 2.05) is 0 Å². The second kappa shape index (κ2) is 8.59. The number of halogens is 3. The second-order valence-electron chi connectivity index (χ2n) is 6.57. The fourth-order valence-electron chi connectivity index (χ4n) is 2.38. The Morgan fingerprint density at radius 1 is 1.14 bits per heavy atom. The third-order valence-corrected chi connectivity index (χ3v) is 4.84. The average Bonchev–Trinajstić information content (AvgIpc) is 3.07. The van der Waals surface area contributed by atoms with Crippen molar-refractivity contribution < 1.29 is 27.9 Å². The van der Waals surface area contributed by atoms with Gasteiger partial charge in [-0.15, -0.1) is 11.3 Å². The summed E-state index contributed by atoms with van der Waals surface area (Å²) in [6.07, 6.45) is -4.49. The lowest BCUT2D eigenvalue weighted by atomic mass is 9.98. The van der Waals surface area contributed by atoms with Crippen LogP contribution in [0.2, 0.25) is 0 Å². The number of anilines is 2. The smallest absolute Gasteiger partial charge is 0.434 e. The lowest BCUT2D eigenvalue weighted by Gasteiger charge is -2.20. The SMILES string of the molecule is CC(C(=O)NC(C(=O)O)C(C)C)c1ccc(Nc2nc(C(F)(F)F)cs2)cc1. The summed E-state index contributed by atoms with van der Waals surface area (Å²) in [6, 6.07) is 5.55. The molecule has 0 fully saturated rings. The molecule has 6 nitrogen and oxygen atoms in total. The molecule has 10 heteroatoms. The Kier molecular flexibility index (Phi) is 6.65. The molecule has 0 saturated carbocycles. The van der Waals surface area contributed by atoms with Gasteiger partial charge in [-0.25, -0.2) is 9.78 Å². The van der Waals surface area contributed by atoms with E-state index in [0.717, 1.165) is 16.7 Å². The first-order chi connectivity index (χ1) is 13.0. The van der Waals surface area contributed by atoms with Crippen molar-refractivity contribution in [2.75, 3.05) is 5.32 Å². The number of nitrogens with zero attached hydrogens (tertiary/aromatic N) is 1. The van der Waals surface area contributed by atoms with E-state index in [2.05, 4.69) is 15.6 Å². The molecule has 0 aliphatic heterocycles. The van der Waals surface area contributed by atoms with Crippen LogP contribution in [0.15, 0.2) is 29.6 Å². The molecule has 1 heterocycles. The quantitative estimate of drug-likeness (QED) is 0.629. The van der Waals surface area contributed by atoms with Crippen molar-refractivity contribution in [3.05, 3.63) is 40.9 Å². The van der Waals surface area contributed by atoms with Crippen LogP contribution in [0.3, 0.4) is 0 Å². The number of thiazole rings is 1. The number of nitrogens with one attached hydrogen (secondary N) is 2. The van der Waals surface area contributed by atoms with Gasteiger partial charge in [0.2, 0.25) is 5.91 Å². The van der Waals surface area contributed by atoms with Gasteiger partial charge in [-0.2, -0.15) is 13.2 Å². The molecule has 2 aromatic rings. The van der Waals surface area contributed by atoms with Gasteiger partial charge in [0.15, 0.2) is 10.8 Å². The zero-order chi connectivity index (χ0) is 21.1. The molecule has 28 heavy (non-hydrogen) atoms. The van der Waals surface area contributed by atoms with Crippen molar-refractivity contribution >= 4 is 34.0 Å². The van der Waals surface area contributed by atoms with Crippen molar-refractivity contribution in [3.63, 3.8) is 0 Å². The van der Waals surface area contributed by atoms with Crippen LogP contribution in [0.1, 0.15) is 37.9 Å². The number of aromatic nitrogens is 1. The van der Waals surface area contributed by atoms with E-state index < -0.39 is 35.7 Å². The number of amides is 1. The molecule has 2 atom stereocenters. The summed E-state index contributed by atoms with van der Waals surface area (Å²) in [4.78, 5) is 27.0. The molecule has 1 aromatic heterocycles. The first kappa shape index (κ1) is 21.7. The molecule has 1 aromatic carbocycles. The van der Waals surface area contributed by atoms with E-state index in [0.29, 0.717) is 11.3 Å². The van der Waals surface area contributed by atoms with Crippen LogP contribution in [0, 0.1) is 5.92 Å². The zero-order valence-corrected chi connectivity index (χ0v) is 16.2. The molecule has 2 rings (SSSR count). The molecule has 3 N–H and O–H groups in total. The number of rotatable bonds is 7. The number of aliphatic carboxylic acids is 1. The van der Waals surface area contributed by atoms with Gasteiger partial charge in [0.25, 0.3) is 0 Å². The molecule has 152 valence electrons. The molecule has 0 aliphatic carbocycles. The van der Waals surface area contributed by atoms with E-state index in [-0.39, 0.29) is 11.0 Å². The number of carbonyl (C=O) groups excluding carboxylic acids is 1. The van der Waals surface area contributed by atoms with Crippen LogP contribution < -0.4 is 10.6 Å². The number of carbonyl (C=O) groups is 2. The van der Waals surface area contributed by atoms with E-state index in [1.165, 1.54) is 0 Å². The fraction of sp³-hybridized carbons (Fsp3) is 0.389. The van der Waals surface area contributed by atoms with Crippen molar-refractivity contribution in [1.29, 1.82) is 0 Å². The predicted octanol–water partition coefficient (Wildman–Crippen LogP) is 4.23. The summed E-state index contributed by atoms with van der Waals surface area (Å²) in [5, 5.41) is 15.5. The van der Waals surface area contributed by atoms with Crippen LogP contribution in [0.4, 0.5) is 24.0 Å². The Bertz CT molecular complexity index is 835. The highest BCUT2D eigenvalue weighted by atomic mass is 32.1. The number of carboxylic acid groups (broad SMARTS) is 1. The number of hydrogen-bond acceptors (Lipinski definition) is 5. The van der Waals surface area contributed by atoms with Gasteiger partial charge < -0.3 is 15.7 Å². The maximum absolute atomic E-state index is 12.6. The number of carboxylic acids is 1. The second-order valence-corrected chi connectivity index (χ2v) is 7.43. The van der Waals surface area contributed by atoms with Crippen LogP contribution >= 0.6 is 11.3 Å². The summed E-state index contributed by atoms with van der Waals surface area (Å²) in [7, 11) is 0. The van der Waals surface area contributed by atoms with Gasteiger partial charge in [0.1, 0.15) is 6.04 Å². The highest BCUT2D eigenvalue weighted by Gasteiger charge is 2.33. The number of hydrogen-bond donors (Lipinski definition) is 3. The van der Waals surface area contributed by atoms with E-state index in [9.17, 15) is 27.9 Å². The van der Waals surface area contributed by atoms with Crippen molar-refractivity contribution in [1.82, 2.24) is 10.3 Å². The molecule has 0 spiro atoms. The number of benzene rings is 1. The number of alkyl halides is 3. The summed E-state index contributed by atoms with van der Waals surface area (Å²) in [5.41, 5.74) is 0.205. The van der Waals surface area contributed by atoms with Gasteiger partial charge >= 0.3 is 12.1 Å². The highest BCUT2D eigenvalue weighted by Crippen LogP contribution is 2.32.